The van der Waals surface area contributed by atoms with E-state index in [0.717, 1.165) is 6.42 Å². The second-order valence-corrected chi connectivity index (χ2v) is 5.02. The Balaban J connectivity index is 3.40. The van der Waals surface area contributed by atoms with Crippen molar-refractivity contribution in [3.8, 4) is 0 Å². The lowest BCUT2D eigenvalue weighted by Crippen LogP contribution is -2.26. The molecule has 1 heteroatoms. The molecule has 1 nitrogen and oxygen atoms in total. The fourth-order valence-corrected chi connectivity index (χ4v) is 1.55. The van der Waals surface area contributed by atoms with E-state index in [1.807, 2.05) is 0 Å². The van der Waals surface area contributed by atoms with Crippen LogP contribution in [0.5, 0.6) is 0 Å². The van der Waals surface area contributed by atoms with Crippen LogP contribution in [0.2, 0.25) is 0 Å². The van der Waals surface area contributed by atoms with Gasteiger partial charge in [0.05, 0.1) is 0 Å². The summed E-state index contributed by atoms with van der Waals surface area (Å²) < 4.78 is 0. The van der Waals surface area contributed by atoms with E-state index in [1.165, 1.54) is 25.7 Å². The van der Waals surface area contributed by atoms with Crippen LogP contribution in [0.4, 0.5) is 0 Å². The standard InChI is InChI=1S/C11H25N/c1-5-6-7-8-10(12)9-11(2,3)4/h10H,5-9,12H2,1-4H3. The van der Waals surface area contributed by atoms with Crippen LogP contribution in [0.15, 0.2) is 0 Å². The first-order chi connectivity index (χ1) is 5.45. The molecule has 1 unspecified atom stereocenters. The van der Waals surface area contributed by atoms with Gasteiger partial charge >= 0.3 is 0 Å². The Bertz CT molecular complexity index is 102. The summed E-state index contributed by atoms with van der Waals surface area (Å²) in [4.78, 5) is 0. The summed E-state index contributed by atoms with van der Waals surface area (Å²) in [6, 6.07) is 0.413. The van der Waals surface area contributed by atoms with Gasteiger partial charge < -0.3 is 5.73 Å². The third kappa shape index (κ3) is 8.06. The van der Waals surface area contributed by atoms with Crippen molar-refractivity contribution >= 4 is 0 Å². The van der Waals surface area contributed by atoms with Crippen LogP contribution < -0.4 is 5.73 Å². The monoisotopic (exact) mass is 171 g/mol. The maximum Gasteiger partial charge on any atom is 0.00438 e. The lowest BCUT2D eigenvalue weighted by molar-refractivity contribution is 0.327. The second-order valence-electron chi connectivity index (χ2n) is 5.02. The second kappa shape index (κ2) is 5.58. The van der Waals surface area contributed by atoms with Gasteiger partial charge in [-0.1, -0.05) is 47.0 Å². The molecule has 0 saturated carbocycles. The fourth-order valence-electron chi connectivity index (χ4n) is 1.55. The van der Waals surface area contributed by atoms with Crippen LogP contribution >= 0.6 is 0 Å². The Morgan fingerprint density at radius 1 is 1.17 bits per heavy atom. The molecule has 1 atom stereocenters. The molecule has 0 saturated heterocycles. The van der Waals surface area contributed by atoms with Crippen LogP contribution in [0.25, 0.3) is 0 Å². The topological polar surface area (TPSA) is 26.0 Å². The molecule has 74 valence electrons. The van der Waals surface area contributed by atoms with Gasteiger partial charge in [0.2, 0.25) is 0 Å². The van der Waals surface area contributed by atoms with Gasteiger partial charge in [-0.05, 0) is 18.3 Å². The minimum Gasteiger partial charge on any atom is -0.328 e. The maximum atomic E-state index is 6.00. The largest absolute Gasteiger partial charge is 0.328 e. The molecule has 0 aliphatic carbocycles. The molecule has 0 radical (unpaired) electrons. The van der Waals surface area contributed by atoms with Gasteiger partial charge in [-0.25, -0.2) is 0 Å². The zero-order valence-electron chi connectivity index (χ0n) is 9.19. The predicted molar refractivity (Wildman–Crippen MR) is 56.2 cm³/mol. The number of nitrogens with two attached hydrogens (primary N) is 1. The maximum absolute atomic E-state index is 6.00. The molecular weight excluding hydrogens is 146 g/mol. The molecule has 0 rings (SSSR count). The molecule has 0 aromatic rings. The van der Waals surface area contributed by atoms with E-state index in [-0.39, 0.29) is 0 Å². The van der Waals surface area contributed by atoms with Crippen LogP contribution in [-0.2, 0) is 0 Å². The molecule has 0 amide bonds. The van der Waals surface area contributed by atoms with Gasteiger partial charge in [0.15, 0.2) is 0 Å². The van der Waals surface area contributed by atoms with Crippen molar-refractivity contribution in [2.45, 2.75) is 65.8 Å². The Morgan fingerprint density at radius 2 is 1.75 bits per heavy atom. The SMILES string of the molecule is CCCCCC(N)CC(C)(C)C. The Kier molecular flexibility index (Phi) is 5.56. The summed E-state index contributed by atoms with van der Waals surface area (Å²) in [5, 5.41) is 0. The van der Waals surface area contributed by atoms with Crippen molar-refractivity contribution in [3.63, 3.8) is 0 Å². The molecule has 2 N–H and O–H groups in total. The first-order valence-corrected chi connectivity index (χ1v) is 5.21. The molecule has 0 fully saturated rings. The van der Waals surface area contributed by atoms with E-state index in [1.54, 1.807) is 0 Å². The van der Waals surface area contributed by atoms with Gasteiger partial charge in [-0.15, -0.1) is 0 Å². The van der Waals surface area contributed by atoms with Crippen LogP contribution in [0, 0.1) is 5.41 Å². The highest BCUT2D eigenvalue weighted by Crippen LogP contribution is 2.21. The smallest absolute Gasteiger partial charge is 0.00438 e. The first-order valence-electron chi connectivity index (χ1n) is 5.21. The van der Waals surface area contributed by atoms with Gasteiger partial charge in [-0.3, -0.25) is 0 Å². The summed E-state index contributed by atoms with van der Waals surface area (Å²) in [5.41, 5.74) is 6.40. The minimum absolute atomic E-state index is 0.394. The zero-order valence-corrected chi connectivity index (χ0v) is 9.19. The molecule has 0 aliphatic heterocycles. The fraction of sp³-hybridized carbons (Fsp3) is 1.00. The van der Waals surface area contributed by atoms with E-state index in [4.69, 9.17) is 5.73 Å². The van der Waals surface area contributed by atoms with Gasteiger partial charge in [0.25, 0.3) is 0 Å². The molecule has 12 heavy (non-hydrogen) atoms. The molecule has 0 spiro atoms. The molecule has 0 bridgehead atoms. The van der Waals surface area contributed by atoms with Crippen molar-refractivity contribution in [2.24, 2.45) is 11.1 Å². The number of hydrogen-bond donors (Lipinski definition) is 1. The molecule has 0 aromatic heterocycles. The summed E-state index contributed by atoms with van der Waals surface area (Å²) in [6.45, 7) is 9.00. The zero-order chi connectivity index (χ0) is 9.61. The van der Waals surface area contributed by atoms with Crippen molar-refractivity contribution in [1.82, 2.24) is 0 Å². The highest BCUT2D eigenvalue weighted by Gasteiger charge is 2.14. The van der Waals surface area contributed by atoms with Crippen LogP contribution in [0.1, 0.15) is 59.8 Å². The molecule has 0 heterocycles. The average Bonchev–Trinajstić information content (AvgIpc) is 1.84. The van der Waals surface area contributed by atoms with Gasteiger partial charge in [0.1, 0.15) is 0 Å². The van der Waals surface area contributed by atoms with Crippen molar-refractivity contribution < 1.29 is 0 Å². The Morgan fingerprint density at radius 3 is 2.17 bits per heavy atom. The third-order valence-corrected chi connectivity index (χ3v) is 2.05. The van der Waals surface area contributed by atoms with Crippen molar-refractivity contribution in [2.75, 3.05) is 0 Å². The number of rotatable bonds is 5. The molecule has 0 aliphatic rings. The quantitative estimate of drug-likeness (QED) is 0.631. The van der Waals surface area contributed by atoms with Crippen molar-refractivity contribution in [1.29, 1.82) is 0 Å². The highest BCUT2D eigenvalue weighted by atomic mass is 14.6. The number of unbranched alkanes of at least 4 members (excludes halogenated alkanes) is 2. The predicted octanol–water partition coefficient (Wildman–Crippen LogP) is 3.33. The van der Waals surface area contributed by atoms with Gasteiger partial charge in [0, 0.05) is 6.04 Å². The summed E-state index contributed by atoms with van der Waals surface area (Å²) >= 11 is 0. The molecular formula is C11H25N. The van der Waals surface area contributed by atoms with E-state index >= 15 is 0 Å². The van der Waals surface area contributed by atoms with Crippen LogP contribution in [-0.4, -0.2) is 6.04 Å². The van der Waals surface area contributed by atoms with E-state index in [9.17, 15) is 0 Å². The normalized spacial score (nSPS) is 14.8. The highest BCUT2D eigenvalue weighted by molar-refractivity contribution is 4.71. The number of hydrogen-bond acceptors (Lipinski definition) is 1. The Hall–Kier alpha value is -0.0400. The van der Waals surface area contributed by atoms with Gasteiger partial charge in [-0.2, -0.15) is 0 Å². The lowest BCUT2D eigenvalue weighted by Gasteiger charge is -2.22. The third-order valence-electron chi connectivity index (χ3n) is 2.05. The molecule has 0 aromatic carbocycles. The van der Waals surface area contributed by atoms with E-state index in [2.05, 4.69) is 27.7 Å². The van der Waals surface area contributed by atoms with E-state index < -0.39 is 0 Å². The summed E-state index contributed by atoms with van der Waals surface area (Å²) in [7, 11) is 0. The summed E-state index contributed by atoms with van der Waals surface area (Å²) in [6.07, 6.45) is 6.27. The Labute approximate surface area is 77.7 Å². The van der Waals surface area contributed by atoms with E-state index in [0.29, 0.717) is 11.5 Å². The van der Waals surface area contributed by atoms with Crippen LogP contribution in [0.3, 0.4) is 0 Å². The lowest BCUT2D eigenvalue weighted by atomic mass is 9.87. The first kappa shape index (κ1) is 12.0. The summed E-state index contributed by atoms with van der Waals surface area (Å²) in [5.74, 6) is 0. The average molecular weight is 171 g/mol. The minimum atomic E-state index is 0.394. The van der Waals surface area contributed by atoms with Crippen molar-refractivity contribution in [3.05, 3.63) is 0 Å².